The second-order valence-electron chi connectivity index (χ2n) is 3.54. The van der Waals surface area contributed by atoms with Gasteiger partial charge in [0, 0.05) is 12.1 Å². The van der Waals surface area contributed by atoms with Crippen LogP contribution in [0.5, 0.6) is 0 Å². The van der Waals surface area contributed by atoms with Crippen LogP contribution < -0.4 is 5.73 Å². The lowest BCUT2D eigenvalue weighted by Crippen LogP contribution is -2.18. The lowest BCUT2D eigenvalue weighted by atomic mass is 10.3. The van der Waals surface area contributed by atoms with Crippen molar-refractivity contribution in [2.45, 2.75) is 26.8 Å². The van der Waals surface area contributed by atoms with E-state index in [4.69, 9.17) is 10.5 Å². The molecule has 0 saturated carbocycles. The van der Waals surface area contributed by atoms with Gasteiger partial charge in [0.15, 0.2) is 5.69 Å². The number of carbonyl (C=O) groups is 2. The van der Waals surface area contributed by atoms with Crippen LogP contribution in [-0.2, 0) is 4.74 Å². The molecule has 6 nitrogen and oxygen atoms in total. The van der Waals surface area contributed by atoms with Gasteiger partial charge in [-0.15, -0.1) is 0 Å². The van der Waals surface area contributed by atoms with Crippen LogP contribution in [0.25, 0.3) is 0 Å². The molecule has 1 amide bonds. The van der Waals surface area contributed by atoms with Crippen molar-refractivity contribution >= 4 is 11.9 Å². The molecule has 0 atom stereocenters. The highest BCUT2D eigenvalue weighted by Crippen LogP contribution is 2.11. The van der Waals surface area contributed by atoms with Gasteiger partial charge in [-0.05, 0) is 20.8 Å². The zero-order valence-corrected chi connectivity index (χ0v) is 9.56. The van der Waals surface area contributed by atoms with E-state index < -0.39 is 11.9 Å². The molecule has 0 aliphatic carbocycles. The Bertz CT molecular complexity index is 409. The molecule has 2 N–H and O–H groups in total. The molecule has 0 aromatic carbocycles. The molecule has 1 rings (SSSR count). The van der Waals surface area contributed by atoms with Gasteiger partial charge in [0.2, 0.25) is 0 Å². The highest BCUT2D eigenvalue weighted by atomic mass is 16.5. The Morgan fingerprint density at radius 2 is 2.19 bits per heavy atom. The number of aromatic nitrogens is 2. The minimum atomic E-state index is -0.614. The summed E-state index contributed by atoms with van der Waals surface area (Å²) in [6.45, 7) is 5.65. The molecular formula is C10H15N3O3. The van der Waals surface area contributed by atoms with Gasteiger partial charge in [0.25, 0.3) is 5.91 Å². The SMILES string of the molecule is CCOC(=O)c1cc(C(N)=O)n(C(C)C)n1. The van der Waals surface area contributed by atoms with Gasteiger partial charge in [0.05, 0.1) is 6.61 Å². The molecule has 0 aliphatic heterocycles. The van der Waals surface area contributed by atoms with E-state index in [9.17, 15) is 9.59 Å². The van der Waals surface area contributed by atoms with Crippen LogP contribution in [0.15, 0.2) is 6.07 Å². The molecule has 0 radical (unpaired) electrons. The average Bonchev–Trinajstić information content (AvgIpc) is 2.62. The first kappa shape index (κ1) is 12.2. The van der Waals surface area contributed by atoms with E-state index in [1.54, 1.807) is 6.92 Å². The molecule has 16 heavy (non-hydrogen) atoms. The van der Waals surface area contributed by atoms with E-state index in [0.29, 0.717) is 0 Å². The van der Waals surface area contributed by atoms with Crippen LogP contribution in [0.3, 0.4) is 0 Å². The van der Waals surface area contributed by atoms with Gasteiger partial charge in [-0.25, -0.2) is 4.79 Å². The van der Waals surface area contributed by atoms with Gasteiger partial charge >= 0.3 is 5.97 Å². The topological polar surface area (TPSA) is 87.2 Å². The summed E-state index contributed by atoms with van der Waals surface area (Å²) in [6, 6.07) is 1.30. The molecule has 0 unspecified atom stereocenters. The Balaban J connectivity index is 3.11. The average molecular weight is 225 g/mol. The summed E-state index contributed by atoms with van der Waals surface area (Å²) < 4.78 is 6.20. The summed E-state index contributed by atoms with van der Waals surface area (Å²) in [6.07, 6.45) is 0. The van der Waals surface area contributed by atoms with Gasteiger partial charge in [0.1, 0.15) is 5.69 Å². The molecule has 0 aliphatic rings. The van der Waals surface area contributed by atoms with Crippen molar-refractivity contribution in [3.05, 3.63) is 17.5 Å². The Morgan fingerprint density at radius 3 is 2.56 bits per heavy atom. The second kappa shape index (κ2) is 4.78. The molecule has 1 aromatic rings. The van der Waals surface area contributed by atoms with Crippen LogP contribution in [0.1, 0.15) is 47.8 Å². The van der Waals surface area contributed by atoms with Crippen molar-refractivity contribution < 1.29 is 14.3 Å². The predicted molar refractivity (Wildman–Crippen MR) is 57.1 cm³/mol. The van der Waals surface area contributed by atoms with E-state index in [2.05, 4.69) is 5.10 Å². The number of primary amides is 1. The lowest BCUT2D eigenvalue weighted by Gasteiger charge is -2.07. The first-order chi connectivity index (χ1) is 7.47. The van der Waals surface area contributed by atoms with Crippen LogP contribution in [0, 0.1) is 0 Å². The summed E-state index contributed by atoms with van der Waals surface area (Å²) in [5, 5.41) is 3.99. The zero-order valence-electron chi connectivity index (χ0n) is 9.56. The molecule has 0 bridgehead atoms. The van der Waals surface area contributed by atoms with Crippen molar-refractivity contribution in [3.63, 3.8) is 0 Å². The Kier molecular flexibility index (Phi) is 3.65. The van der Waals surface area contributed by atoms with Crippen LogP contribution in [0.2, 0.25) is 0 Å². The van der Waals surface area contributed by atoms with Crippen molar-refractivity contribution in [2.75, 3.05) is 6.61 Å². The first-order valence-electron chi connectivity index (χ1n) is 5.03. The summed E-state index contributed by atoms with van der Waals surface area (Å²) in [5.41, 5.74) is 5.50. The highest BCUT2D eigenvalue weighted by molar-refractivity contribution is 5.95. The highest BCUT2D eigenvalue weighted by Gasteiger charge is 2.19. The normalized spacial score (nSPS) is 10.5. The number of amides is 1. The fourth-order valence-corrected chi connectivity index (χ4v) is 1.28. The minimum Gasteiger partial charge on any atom is -0.461 e. The number of hydrogen-bond donors (Lipinski definition) is 1. The first-order valence-corrected chi connectivity index (χ1v) is 5.03. The van der Waals surface area contributed by atoms with Gasteiger partial charge in [-0.3, -0.25) is 9.48 Å². The third-order valence-electron chi connectivity index (χ3n) is 1.96. The zero-order chi connectivity index (χ0) is 12.3. The van der Waals surface area contributed by atoms with Gasteiger partial charge in [-0.2, -0.15) is 5.10 Å². The third-order valence-corrected chi connectivity index (χ3v) is 1.96. The second-order valence-corrected chi connectivity index (χ2v) is 3.54. The molecule has 88 valence electrons. The smallest absolute Gasteiger partial charge is 0.358 e. The monoisotopic (exact) mass is 225 g/mol. The Labute approximate surface area is 93.4 Å². The standard InChI is InChI=1S/C10H15N3O3/c1-4-16-10(15)7-5-8(9(11)14)13(12-7)6(2)3/h5-6H,4H2,1-3H3,(H2,11,14). The van der Waals surface area contributed by atoms with E-state index in [1.807, 2.05) is 13.8 Å². The van der Waals surface area contributed by atoms with E-state index >= 15 is 0 Å². The van der Waals surface area contributed by atoms with E-state index in [1.165, 1.54) is 10.7 Å². The summed E-state index contributed by atoms with van der Waals surface area (Å²) >= 11 is 0. The summed E-state index contributed by atoms with van der Waals surface area (Å²) in [5.74, 6) is -1.17. The minimum absolute atomic E-state index is 0.0503. The van der Waals surface area contributed by atoms with Crippen LogP contribution >= 0.6 is 0 Å². The fraction of sp³-hybridized carbons (Fsp3) is 0.500. The number of carbonyl (C=O) groups excluding carboxylic acids is 2. The lowest BCUT2D eigenvalue weighted by molar-refractivity contribution is 0.0518. The van der Waals surface area contributed by atoms with Gasteiger partial charge < -0.3 is 10.5 Å². The molecular weight excluding hydrogens is 210 g/mol. The molecule has 1 aromatic heterocycles. The molecule has 0 saturated heterocycles. The number of ether oxygens (including phenoxy) is 1. The number of nitrogens with two attached hydrogens (primary N) is 1. The molecule has 1 heterocycles. The largest absolute Gasteiger partial charge is 0.461 e. The Hall–Kier alpha value is -1.85. The predicted octanol–water partition coefficient (Wildman–Crippen LogP) is 0.740. The van der Waals surface area contributed by atoms with Gasteiger partial charge in [-0.1, -0.05) is 0 Å². The molecule has 0 spiro atoms. The number of hydrogen-bond acceptors (Lipinski definition) is 4. The number of esters is 1. The number of nitrogens with zero attached hydrogens (tertiary/aromatic N) is 2. The summed E-state index contributed by atoms with van der Waals surface area (Å²) in [7, 11) is 0. The fourth-order valence-electron chi connectivity index (χ4n) is 1.28. The van der Waals surface area contributed by atoms with Crippen molar-refractivity contribution in [2.24, 2.45) is 5.73 Å². The molecule has 6 heteroatoms. The maximum Gasteiger partial charge on any atom is 0.358 e. The van der Waals surface area contributed by atoms with Crippen molar-refractivity contribution in [1.29, 1.82) is 0 Å². The van der Waals surface area contributed by atoms with E-state index in [0.717, 1.165) is 0 Å². The summed E-state index contributed by atoms with van der Waals surface area (Å²) in [4.78, 5) is 22.5. The number of rotatable bonds is 4. The Morgan fingerprint density at radius 1 is 1.56 bits per heavy atom. The van der Waals surface area contributed by atoms with Crippen molar-refractivity contribution in [1.82, 2.24) is 9.78 Å². The van der Waals surface area contributed by atoms with Crippen LogP contribution in [0.4, 0.5) is 0 Å². The quantitative estimate of drug-likeness (QED) is 0.765. The maximum atomic E-state index is 11.4. The molecule has 0 fully saturated rings. The van der Waals surface area contributed by atoms with Crippen molar-refractivity contribution in [3.8, 4) is 0 Å². The van der Waals surface area contributed by atoms with E-state index in [-0.39, 0.29) is 24.0 Å². The maximum absolute atomic E-state index is 11.4. The third kappa shape index (κ3) is 2.39. The van der Waals surface area contributed by atoms with Crippen LogP contribution in [-0.4, -0.2) is 28.3 Å².